The Morgan fingerprint density at radius 2 is 1.83 bits per heavy atom. The Kier molecular flexibility index (Phi) is 5.66. The number of rotatable bonds is 5. The van der Waals surface area contributed by atoms with Crippen molar-refractivity contribution >= 4 is 34.9 Å². The molecule has 1 aliphatic carbocycles. The van der Waals surface area contributed by atoms with Crippen LogP contribution < -0.4 is 11.1 Å². The Hall–Kier alpha value is -4.30. The summed E-state index contributed by atoms with van der Waals surface area (Å²) in [4.78, 5) is 40.6. The van der Waals surface area contributed by atoms with Crippen LogP contribution in [0.1, 0.15) is 49.3 Å². The zero-order chi connectivity index (χ0) is 24.7. The maximum atomic E-state index is 12.8. The number of carbonyl (C=O) groups excluding carboxylic acids is 3. The smallest absolute Gasteiger partial charge is 0.269 e. The average Bonchev–Trinajstić information content (AvgIpc) is 3.25. The third kappa shape index (κ3) is 4.08. The van der Waals surface area contributed by atoms with Gasteiger partial charge in [0.25, 0.3) is 11.8 Å². The average molecular weight is 486 g/mol. The second-order valence-electron chi connectivity index (χ2n) is 8.22. The number of hydrogen-bond acceptors (Lipinski definition) is 5. The fraction of sp³-hybridized carbons (Fsp3) is 0.115. The molecule has 9 heteroatoms. The molecule has 8 nitrogen and oxygen atoms in total. The monoisotopic (exact) mass is 485 g/mol. The standard InChI is InChI=1S/C26H20ClN5O3/c1-14(33)15-5-9-18(10-6-15)32-23-19(22(31-32)25(28)34)11-7-16-4-8-17(13-21(16)23)30-26(35)20-3-2-12-29-24(20)27/h2-6,8-10,12-13H,7,11H2,1H3,(H2,28,34)(H,30,35). The van der Waals surface area contributed by atoms with Crippen LogP contribution in [0.25, 0.3) is 16.9 Å². The number of nitrogens with zero attached hydrogens (tertiary/aromatic N) is 3. The second kappa shape index (κ2) is 8.81. The fourth-order valence-electron chi connectivity index (χ4n) is 4.29. The first-order chi connectivity index (χ1) is 16.8. The van der Waals surface area contributed by atoms with Crippen molar-refractivity contribution in [3.8, 4) is 16.9 Å². The number of aryl methyl sites for hydroxylation is 1. The van der Waals surface area contributed by atoms with Gasteiger partial charge in [-0.3, -0.25) is 14.4 Å². The van der Waals surface area contributed by atoms with E-state index in [1.165, 1.54) is 13.1 Å². The van der Waals surface area contributed by atoms with Crippen LogP contribution in [0.2, 0.25) is 5.15 Å². The van der Waals surface area contributed by atoms with Gasteiger partial charge < -0.3 is 11.1 Å². The van der Waals surface area contributed by atoms with E-state index in [-0.39, 0.29) is 28.1 Å². The molecule has 0 atom stereocenters. The number of ketones is 1. The van der Waals surface area contributed by atoms with Gasteiger partial charge in [0.1, 0.15) is 5.15 Å². The summed E-state index contributed by atoms with van der Waals surface area (Å²) >= 11 is 6.07. The van der Waals surface area contributed by atoms with Crippen LogP contribution in [-0.4, -0.2) is 32.4 Å². The van der Waals surface area contributed by atoms with Crippen molar-refractivity contribution in [3.63, 3.8) is 0 Å². The van der Waals surface area contributed by atoms with Gasteiger partial charge in [0, 0.05) is 28.6 Å². The molecule has 0 spiro atoms. The lowest BCUT2D eigenvalue weighted by atomic mass is 9.88. The summed E-state index contributed by atoms with van der Waals surface area (Å²) in [6.45, 7) is 1.50. The molecule has 2 aromatic heterocycles. The molecule has 174 valence electrons. The van der Waals surface area contributed by atoms with Crippen molar-refractivity contribution in [1.82, 2.24) is 14.8 Å². The highest BCUT2D eigenvalue weighted by molar-refractivity contribution is 6.33. The molecule has 2 heterocycles. The van der Waals surface area contributed by atoms with Gasteiger partial charge in [0.15, 0.2) is 11.5 Å². The van der Waals surface area contributed by atoms with Gasteiger partial charge >= 0.3 is 0 Å². The lowest BCUT2D eigenvalue weighted by molar-refractivity contribution is 0.0990. The Balaban J connectivity index is 1.60. The van der Waals surface area contributed by atoms with Crippen molar-refractivity contribution in [1.29, 1.82) is 0 Å². The number of hydrogen-bond donors (Lipinski definition) is 2. The Morgan fingerprint density at radius 1 is 1.06 bits per heavy atom. The number of aromatic nitrogens is 3. The number of anilines is 1. The van der Waals surface area contributed by atoms with Crippen LogP contribution in [0.3, 0.4) is 0 Å². The van der Waals surface area contributed by atoms with E-state index in [1.807, 2.05) is 18.2 Å². The summed E-state index contributed by atoms with van der Waals surface area (Å²) in [5.41, 5.74) is 11.3. The number of fused-ring (bicyclic) bond motifs is 3. The summed E-state index contributed by atoms with van der Waals surface area (Å²) < 4.78 is 1.67. The molecular formula is C26H20ClN5O3. The van der Waals surface area contributed by atoms with Crippen molar-refractivity contribution in [2.75, 3.05) is 5.32 Å². The minimum absolute atomic E-state index is 0.0451. The number of carbonyl (C=O) groups is 3. The number of pyridine rings is 1. The third-order valence-corrected chi connectivity index (χ3v) is 6.31. The molecule has 0 unspecified atom stereocenters. The number of nitrogens with two attached hydrogens (primary N) is 1. The maximum absolute atomic E-state index is 12.8. The van der Waals surface area contributed by atoms with Crippen LogP contribution in [0.15, 0.2) is 60.8 Å². The number of Topliss-reactive ketones (excluding diaryl/α,β-unsaturated/α-hetero) is 1. The molecule has 35 heavy (non-hydrogen) atoms. The number of amides is 2. The zero-order valence-electron chi connectivity index (χ0n) is 18.7. The van der Waals surface area contributed by atoms with E-state index in [2.05, 4.69) is 15.4 Å². The summed E-state index contributed by atoms with van der Waals surface area (Å²) in [5, 5.41) is 7.51. The van der Waals surface area contributed by atoms with E-state index in [4.69, 9.17) is 17.3 Å². The van der Waals surface area contributed by atoms with Gasteiger partial charge in [-0.25, -0.2) is 9.67 Å². The molecule has 0 aliphatic heterocycles. The Bertz CT molecular complexity index is 1510. The number of benzene rings is 2. The van der Waals surface area contributed by atoms with E-state index in [0.717, 1.165) is 22.4 Å². The van der Waals surface area contributed by atoms with E-state index in [1.54, 1.807) is 41.1 Å². The van der Waals surface area contributed by atoms with Crippen LogP contribution in [0, 0.1) is 0 Å². The first-order valence-corrected chi connectivity index (χ1v) is 11.3. The van der Waals surface area contributed by atoms with Crippen molar-refractivity contribution in [2.24, 2.45) is 5.73 Å². The highest BCUT2D eigenvalue weighted by Crippen LogP contribution is 2.38. The van der Waals surface area contributed by atoms with Crippen molar-refractivity contribution < 1.29 is 14.4 Å². The highest BCUT2D eigenvalue weighted by Gasteiger charge is 2.28. The third-order valence-electron chi connectivity index (χ3n) is 6.01. The normalized spacial score (nSPS) is 11.9. The zero-order valence-corrected chi connectivity index (χ0v) is 19.5. The van der Waals surface area contributed by atoms with Crippen molar-refractivity contribution in [3.05, 3.63) is 93.9 Å². The van der Waals surface area contributed by atoms with Gasteiger partial charge in [-0.15, -0.1) is 0 Å². The van der Waals surface area contributed by atoms with E-state index < -0.39 is 5.91 Å². The summed E-state index contributed by atoms with van der Waals surface area (Å²) in [6, 6.07) is 15.8. The molecule has 1 aliphatic rings. The molecule has 2 aromatic carbocycles. The molecule has 5 rings (SSSR count). The maximum Gasteiger partial charge on any atom is 0.269 e. The summed E-state index contributed by atoms with van der Waals surface area (Å²) in [5.74, 6) is -1.04. The molecule has 0 saturated carbocycles. The van der Waals surface area contributed by atoms with Gasteiger partial charge in [-0.1, -0.05) is 17.7 Å². The van der Waals surface area contributed by atoms with Crippen LogP contribution in [0.5, 0.6) is 0 Å². The predicted molar refractivity (Wildman–Crippen MR) is 132 cm³/mol. The minimum Gasteiger partial charge on any atom is -0.364 e. The minimum atomic E-state index is -0.612. The molecule has 0 saturated heterocycles. The highest BCUT2D eigenvalue weighted by atomic mass is 35.5. The van der Waals surface area contributed by atoms with E-state index in [9.17, 15) is 14.4 Å². The molecule has 3 N–H and O–H groups in total. The summed E-state index contributed by atoms with van der Waals surface area (Å²) in [7, 11) is 0. The number of primary amides is 1. The molecule has 4 aromatic rings. The first-order valence-electron chi connectivity index (χ1n) is 10.9. The van der Waals surface area contributed by atoms with Gasteiger partial charge in [0.05, 0.1) is 16.9 Å². The Labute approximate surface area is 205 Å². The van der Waals surface area contributed by atoms with Gasteiger partial charge in [-0.2, -0.15) is 5.10 Å². The molecule has 0 bridgehead atoms. The van der Waals surface area contributed by atoms with Gasteiger partial charge in [0.2, 0.25) is 0 Å². The second-order valence-corrected chi connectivity index (χ2v) is 8.58. The topological polar surface area (TPSA) is 120 Å². The predicted octanol–water partition coefficient (Wildman–Crippen LogP) is 4.24. The summed E-state index contributed by atoms with van der Waals surface area (Å²) in [6.07, 6.45) is 2.81. The largest absolute Gasteiger partial charge is 0.364 e. The molecular weight excluding hydrogens is 466 g/mol. The number of halogens is 1. The van der Waals surface area contributed by atoms with Gasteiger partial charge in [-0.05, 0) is 73.9 Å². The molecule has 0 radical (unpaired) electrons. The lowest BCUT2D eigenvalue weighted by Gasteiger charge is -2.20. The van der Waals surface area contributed by atoms with Crippen LogP contribution in [-0.2, 0) is 12.8 Å². The fourth-order valence-corrected chi connectivity index (χ4v) is 4.50. The quantitative estimate of drug-likeness (QED) is 0.323. The van der Waals surface area contributed by atoms with Crippen LogP contribution >= 0.6 is 11.6 Å². The first kappa shape index (κ1) is 22.5. The number of nitrogens with one attached hydrogen (secondary N) is 1. The van der Waals surface area contributed by atoms with E-state index in [0.29, 0.717) is 29.8 Å². The van der Waals surface area contributed by atoms with Crippen LogP contribution in [0.4, 0.5) is 5.69 Å². The van der Waals surface area contributed by atoms with Crippen molar-refractivity contribution in [2.45, 2.75) is 19.8 Å². The lowest BCUT2D eigenvalue weighted by Crippen LogP contribution is -2.16. The SMILES string of the molecule is CC(=O)c1ccc(-n2nc(C(N)=O)c3c2-c2cc(NC(=O)c4cccnc4Cl)ccc2CC3)cc1. The Morgan fingerprint density at radius 3 is 2.51 bits per heavy atom. The molecule has 2 amide bonds. The van der Waals surface area contributed by atoms with E-state index >= 15 is 0 Å². The molecule has 0 fully saturated rings.